The van der Waals surface area contributed by atoms with Gasteiger partial charge in [0.25, 0.3) is 0 Å². The number of rotatable bonds is 5. The second kappa shape index (κ2) is 6.15. The smallest absolute Gasteiger partial charge is 0.240 e. The molecule has 2 atom stereocenters. The normalized spacial score (nSPS) is 21.6. The molecule has 112 valence electrons. The van der Waals surface area contributed by atoms with Crippen molar-refractivity contribution in [3.63, 3.8) is 0 Å². The number of nitrogens with one attached hydrogen (secondary N) is 1. The van der Waals surface area contributed by atoms with Gasteiger partial charge >= 0.3 is 0 Å². The number of carbonyl (C=O) groups excluding carboxylic acids is 1. The third-order valence-corrected chi connectivity index (χ3v) is 3.57. The van der Waals surface area contributed by atoms with Crippen molar-refractivity contribution in [3.05, 3.63) is 48.3 Å². The summed E-state index contributed by atoms with van der Waals surface area (Å²) in [5.41, 5.74) is 0. The summed E-state index contributed by atoms with van der Waals surface area (Å²) < 4.78 is 10.6. The highest BCUT2D eigenvalue weighted by Crippen LogP contribution is 2.16. The minimum absolute atomic E-state index is 0.0562. The summed E-state index contributed by atoms with van der Waals surface area (Å²) in [6.07, 6.45) is 3.14. The van der Waals surface area contributed by atoms with Crippen LogP contribution in [0.1, 0.15) is 17.9 Å². The van der Waals surface area contributed by atoms with Gasteiger partial charge in [0.1, 0.15) is 11.5 Å². The van der Waals surface area contributed by atoms with Crippen molar-refractivity contribution >= 4 is 5.91 Å². The van der Waals surface area contributed by atoms with Crippen LogP contribution in [0.3, 0.4) is 0 Å². The van der Waals surface area contributed by atoms with Crippen LogP contribution in [0.4, 0.5) is 0 Å². The lowest BCUT2D eigenvalue weighted by Gasteiger charge is -2.24. The minimum atomic E-state index is -0.465. The summed E-state index contributed by atoms with van der Waals surface area (Å²) >= 11 is 0. The second-order valence-corrected chi connectivity index (χ2v) is 5.20. The van der Waals surface area contributed by atoms with E-state index in [2.05, 4.69) is 5.32 Å². The van der Waals surface area contributed by atoms with E-state index in [1.165, 1.54) is 0 Å². The lowest BCUT2D eigenvalue weighted by atomic mass is 10.1. The highest BCUT2D eigenvalue weighted by atomic mass is 16.3. The second-order valence-electron chi connectivity index (χ2n) is 5.20. The van der Waals surface area contributed by atoms with Gasteiger partial charge in [0.15, 0.2) is 0 Å². The number of β-amino-alcohol motifs (C(OH)–C–C–N with tert-alkyl or cyclic N) is 1. The Balaban J connectivity index is 1.72. The minimum Gasteiger partial charge on any atom is -0.467 e. The van der Waals surface area contributed by atoms with Crippen LogP contribution in [0.25, 0.3) is 0 Å². The third-order valence-electron chi connectivity index (χ3n) is 3.57. The monoisotopic (exact) mass is 290 g/mol. The van der Waals surface area contributed by atoms with Crippen molar-refractivity contribution in [1.29, 1.82) is 0 Å². The van der Waals surface area contributed by atoms with Crippen LogP contribution < -0.4 is 5.32 Å². The molecule has 0 aliphatic carbocycles. The Morgan fingerprint density at radius 1 is 1.24 bits per heavy atom. The molecule has 0 bridgehead atoms. The Morgan fingerprint density at radius 3 is 2.29 bits per heavy atom. The topological polar surface area (TPSA) is 78.9 Å². The van der Waals surface area contributed by atoms with Crippen LogP contribution in [-0.4, -0.2) is 34.6 Å². The molecule has 1 fully saturated rings. The van der Waals surface area contributed by atoms with Crippen molar-refractivity contribution in [2.75, 3.05) is 6.54 Å². The van der Waals surface area contributed by atoms with Gasteiger partial charge in [-0.25, -0.2) is 0 Å². The number of carbonyl (C=O) groups is 1. The summed E-state index contributed by atoms with van der Waals surface area (Å²) in [4.78, 5) is 14.3. The molecule has 1 aliphatic heterocycles. The highest BCUT2D eigenvalue weighted by molar-refractivity contribution is 5.82. The van der Waals surface area contributed by atoms with Gasteiger partial charge in [-0.15, -0.1) is 0 Å². The summed E-state index contributed by atoms with van der Waals surface area (Å²) in [6, 6.07) is 6.90. The van der Waals surface area contributed by atoms with Crippen molar-refractivity contribution in [3.8, 4) is 0 Å². The number of amides is 1. The van der Waals surface area contributed by atoms with Crippen LogP contribution in [0.2, 0.25) is 0 Å². The first-order valence-corrected chi connectivity index (χ1v) is 6.97. The average Bonchev–Trinajstić information content (AvgIpc) is 3.19. The third kappa shape index (κ3) is 3.34. The molecular formula is C15H18N2O4. The largest absolute Gasteiger partial charge is 0.467 e. The fraction of sp³-hybridized carbons (Fsp3) is 0.400. The molecule has 21 heavy (non-hydrogen) atoms. The molecule has 1 aliphatic rings. The van der Waals surface area contributed by atoms with Gasteiger partial charge in [-0.05, 0) is 30.7 Å². The lowest BCUT2D eigenvalue weighted by Crippen LogP contribution is -2.42. The number of aliphatic hydroxyl groups excluding tert-OH is 1. The van der Waals surface area contributed by atoms with E-state index in [9.17, 15) is 9.90 Å². The summed E-state index contributed by atoms with van der Waals surface area (Å²) in [5, 5.41) is 12.6. The van der Waals surface area contributed by atoms with Gasteiger partial charge in [0.2, 0.25) is 5.91 Å². The van der Waals surface area contributed by atoms with Gasteiger partial charge in [-0.3, -0.25) is 4.79 Å². The molecule has 2 aromatic heterocycles. The summed E-state index contributed by atoms with van der Waals surface area (Å²) in [5.74, 6) is 1.38. The molecule has 1 amide bonds. The molecule has 6 heteroatoms. The van der Waals surface area contributed by atoms with Crippen LogP contribution >= 0.6 is 0 Å². The van der Waals surface area contributed by atoms with E-state index in [-0.39, 0.29) is 11.9 Å². The predicted octanol–water partition coefficient (Wildman–Crippen LogP) is 1.12. The van der Waals surface area contributed by atoms with Gasteiger partial charge in [0.05, 0.1) is 37.8 Å². The van der Waals surface area contributed by atoms with E-state index in [1.807, 2.05) is 12.1 Å². The van der Waals surface area contributed by atoms with Gasteiger partial charge in [-0.1, -0.05) is 0 Å². The van der Waals surface area contributed by atoms with Crippen molar-refractivity contribution in [2.45, 2.75) is 31.7 Å². The van der Waals surface area contributed by atoms with Crippen LogP contribution in [-0.2, 0) is 17.9 Å². The molecule has 0 spiro atoms. The number of furan rings is 2. The molecule has 0 radical (unpaired) electrons. The van der Waals surface area contributed by atoms with E-state index in [1.54, 1.807) is 29.6 Å². The van der Waals surface area contributed by atoms with Gasteiger partial charge in [-0.2, -0.15) is 0 Å². The highest BCUT2D eigenvalue weighted by Gasteiger charge is 2.32. The van der Waals surface area contributed by atoms with Crippen molar-refractivity contribution in [1.82, 2.24) is 10.2 Å². The standard InChI is InChI=1S/C15H18N2O4/c18-11-7-14(16-8-11)15(19)17(9-12-3-1-5-20-12)10-13-4-2-6-21-13/h1-6,11,14,16,18H,7-10H2. The summed E-state index contributed by atoms with van der Waals surface area (Å²) in [6.45, 7) is 1.20. The first kappa shape index (κ1) is 13.9. The fourth-order valence-corrected chi connectivity index (χ4v) is 2.52. The molecule has 0 saturated carbocycles. The molecule has 2 unspecified atom stereocenters. The van der Waals surface area contributed by atoms with Crippen molar-refractivity contribution < 1.29 is 18.7 Å². The average molecular weight is 290 g/mol. The Labute approximate surface area is 122 Å². The molecule has 6 nitrogen and oxygen atoms in total. The number of aliphatic hydroxyl groups is 1. The van der Waals surface area contributed by atoms with Crippen LogP contribution in [0.15, 0.2) is 45.6 Å². The molecule has 2 N–H and O–H groups in total. The van der Waals surface area contributed by atoms with Gasteiger partial charge < -0.3 is 24.2 Å². The molecule has 3 rings (SSSR count). The maximum atomic E-state index is 12.6. The Bertz CT molecular complexity index is 528. The zero-order valence-corrected chi connectivity index (χ0v) is 11.6. The van der Waals surface area contributed by atoms with Crippen LogP contribution in [0, 0.1) is 0 Å². The van der Waals surface area contributed by atoms with Crippen molar-refractivity contribution in [2.24, 2.45) is 0 Å². The number of hydrogen-bond acceptors (Lipinski definition) is 5. The predicted molar refractivity (Wildman–Crippen MR) is 74.1 cm³/mol. The molecule has 0 aromatic carbocycles. The zero-order chi connectivity index (χ0) is 14.7. The van der Waals surface area contributed by atoms with E-state index in [0.717, 1.165) is 0 Å². The number of hydrogen-bond donors (Lipinski definition) is 2. The maximum absolute atomic E-state index is 12.6. The molecule has 1 saturated heterocycles. The first-order valence-electron chi connectivity index (χ1n) is 6.97. The van der Waals surface area contributed by atoms with E-state index in [0.29, 0.717) is 37.6 Å². The molecule has 2 aromatic rings. The Morgan fingerprint density at radius 2 is 1.86 bits per heavy atom. The number of nitrogens with zero attached hydrogens (tertiary/aromatic N) is 1. The quantitative estimate of drug-likeness (QED) is 0.863. The lowest BCUT2D eigenvalue weighted by molar-refractivity contribution is -0.135. The van der Waals surface area contributed by atoms with Gasteiger partial charge in [0, 0.05) is 6.54 Å². The zero-order valence-electron chi connectivity index (χ0n) is 11.6. The SMILES string of the molecule is O=C(C1CC(O)CN1)N(Cc1ccco1)Cc1ccco1. The fourth-order valence-electron chi connectivity index (χ4n) is 2.52. The first-order chi connectivity index (χ1) is 10.2. The maximum Gasteiger partial charge on any atom is 0.240 e. The summed E-state index contributed by atoms with van der Waals surface area (Å²) in [7, 11) is 0. The van der Waals surface area contributed by atoms with E-state index >= 15 is 0 Å². The van der Waals surface area contributed by atoms with E-state index < -0.39 is 6.10 Å². The molecule has 3 heterocycles. The Kier molecular flexibility index (Phi) is 4.08. The Hall–Kier alpha value is -2.05. The van der Waals surface area contributed by atoms with Crippen LogP contribution in [0.5, 0.6) is 0 Å². The molecular weight excluding hydrogens is 272 g/mol. The van der Waals surface area contributed by atoms with E-state index in [4.69, 9.17) is 8.83 Å².